The van der Waals surface area contributed by atoms with Gasteiger partial charge < -0.3 is 11.1 Å². The Labute approximate surface area is 106 Å². The largest absolute Gasteiger partial charge is 0.397 e. The van der Waals surface area contributed by atoms with Crippen molar-refractivity contribution in [1.82, 2.24) is 4.98 Å². The number of nitrogen functional groups attached to an aromatic ring is 1. The van der Waals surface area contributed by atoms with Gasteiger partial charge in [-0.1, -0.05) is 0 Å². The van der Waals surface area contributed by atoms with E-state index < -0.39 is 29.0 Å². The Balaban J connectivity index is 2.32. The van der Waals surface area contributed by atoms with Gasteiger partial charge in [0, 0.05) is 12.3 Å². The van der Waals surface area contributed by atoms with E-state index in [2.05, 4.69) is 10.3 Å². The molecule has 7 heteroatoms. The van der Waals surface area contributed by atoms with Crippen LogP contribution in [0, 0.1) is 17.5 Å². The van der Waals surface area contributed by atoms with Gasteiger partial charge in [0.05, 0.1) is 17.4 Å². The Morgan fingerprint density at radius 2 is 1.95 bits per heavy atom. The van der Waals surface area contributed by atoms with Crippen LogP contribution in [0.2, 0.25) is 0 Å². The summed E-state index contributed by atoms with van der Waals surface area (Å²) in [4.78, 5) is 15.2. The maximum Gasteiger partial charge on any atom is 0.258 e. The van der Waals surface area contributed by atoms with Crippen LogP contribution >= 0.6 is 0 Å². The van der Waals surface area contributed by atoms with E-state index in [-0.39, 0.29) is 11.3 Å². The zero-order chi connectivity index (χ0) is 14.0. The minimum absolute atomic E-state index is 0.291. The molecule has 2 aromatic rings. The molecule has 0 atom stereocenters. The predicted octanol–water partition coefficient (Wildman–Crippen LogP) is 2.33. The molecule has 0 radical (unpaired) electrons. The van der Waals surface area contributed by atoms with Crippen molar-refractivity contribution in [1.29, 1.82) is 0 Å². The molecule has 1 aromatic heterocycles. The third-order valence-electron chi connectivity index (χ3n) is 2.34. The second kappa shape index (κ2) is 4.97. The van der Waals surface area contributed by atoms with E-state index in [0.717, 1.165) is 18.3 Å². The summed E-state index contributed by atoms with van der Waals surface area (Å²) in [5.41, 5.74) is 4.37. The summed E-state index contributed by atoms with van der Waals surface area (Å²) in [6, 6.07) is 2.54. The fourth-order valence-electron chi connectivity index (χ4n) is 1.47. The van der Waals surface area contributed by atoms with Gasteiger partial charge in [-0.15, -0.1) is 0 Å². The molecule has 2 rings (SSSR count). The van der Waals surface area contributed by atoms with Crippen LogP contribution in [-0.2, 0) is 0 Å². The van der Waals surface area contributed by atoms with Crippen molar-refractivity contribution in [3.63, 3.8) is 0 Å². The summed E-state index contributed by atoms with van der Waals surface area (Å²) >= 11 is 0. The summed E-state index contributed by atoms with van der Waals surface area (Å²) in [6.07, 6.45) is 2.06. The van der Waals surface area contributed by atoms with Crippen molar-refractivity contribution in [3.05, 3.63) is 53.6 Å². The molecule has 0 saturated carbocycles. The quantitative estimate of drug-likeness (QED) is 0.820. The highest BCUT2D eigenvalue weighted by Gasteiger charge is 2.16. The monoisotopic (exact) mass is 267 g/mol. The molecular formula is C12H8F3N3O. The highest BCUT2D eigenvalue weighted by atomic mass is 19.1. The fourth-order valence-corrected chi connectivity index (χ4v) is 1.47. The van der Waals surface area contributed by atoms with Gasteiger partial charge in [0.15, 0.2) is 11.6 Å². The number of aromatic nitrogens is 1. The van der Waals surface area contributed by atoms with E-state index in [1.165, 1.54) is 6.20 Å². The molecule has 0 spiro atoms. The second-order valence-corrected chi connectivity index (χ2v) is 3.66. The van der Waals surface area contributed by atoms with E-state index in [4.69, 9.17) is 5.73 Å². The van der Waals surface area contributed by atoms with Crippen LogP contribution in [0.5, 0.6) is 0 Å². The Hall–Kier alpha value is -2.57. The lowest BCUT2D eigenvalue weighted by Gasteiger charge is -2.09. The first-order valence-electron chi connectivity index (χ1n) is 5.14. The first-order valence-corrected chi connectivity index (χ1v) is 5.14. The van der Waals surface area contributed by atoms with Crippen LogP contribution in [0.4, 0.5) is 24.5 Å². The first kappa shape index (κ1) is 12.9. The number of pyridine rings is 1. The number of hydrogen-bond donors (Lipinski definition) is 2. The van der Waals surface area contributed by atoms with Crippen molar-refractivity contribution in [2.45, 2.75) is 0 Å². The summed E-state index contributed by atoms with van der Waals surface area (Å²) < 4.78 is 39.6. The number of nitrogens with two attached hydrogens (primary N) is 1. The Morgan fingerprint density at radius 1 is 1.21 bits per heavy atom. The van der Waals surface area contributed by atoms with E-state index in [1.54, 1.807) is 0 Å². The highest BCUT2D eigenvalue weighted by Crippen LogP contribution is 2.24. The van der Waals surface area contributed by atoms with Crippen molar-refractivity contribution < 1.29 is 18.0 Å². The number of hydrogen-bond acceptors (Lipinski definition) is 3. The Morgan fingerprint density at radius 3 is 2.58 bits per heavy atom. The van der Waals surface area contributed by atoms with Crippen molar-refractivity contribution in [2.75, 3.05) is 11.1 Å². The summed E-state index contributed by atoms with van der Waals surface area (Å²) in [6.45, 7) is 0. The number of carbonyl (C=O) groups is 1. The average molecular weight is 267 g/mol. The minimum atomic E-state index is -1.04. The molecule has 0 bridgehead atoms. The number of amides is 1. The molecule has 3 N–H and O–H groups in total. The van der Waals surface area contributed by atoms with Gasteiger partial charge in [-0.25, -0.2) is 13.2 Å². The lowest BCUT2D eigenvalue weighted by molar-refractivity contribution is 0.102. The molecule has 1 amide bonds. The average Bonchev–Trinajstić information content (AvgIpc) is 2.34. The van der Waals surface area contributed by atoms with Gasteiger partial charge in [-0.3, -0.25) is 9.78 Å². The van der Waals surface area contributed by atoms with Gasteiger partial charge in [-0.05, 0) is 12.1 Å². The molecule has 4 nitrogen and oxygen atoms in total. The van der Waals surface area contributed by atoms with Gasteiger partial charge in [0.2, 0.25) is 0 Å². The molecule has 0 fully saturated rings. The maximum absolute atomic E-state index is 13.4. The zero-order valence-corrected chi connectivity index (χ0v) is 9.45. The molecule has 1 heterocycles. The van der Waals surface area contributed by atoms with E-state index in [9.17, 15) is 18.0 Å². The summed E-state index contributed by atoms with van der Waals surface area (Å²) in [5, 5.41) is 2.09. The van der Waals surface area contributed by atoms with Crippen LogP contribution in [-0.4, -0.2) is 10.9 Å². The van der Waals surface area contributed by atoms with Gasteiger partial charge in [-0.2, -0.15) is 0 Å². The summed E-state index contributed by atoms with van der Waals surface area (Å²) in [7, 11) is 0. The van der Waals surface area contributed by atoms with Crippen LogP contribution in [0.1, 0.15) is 10.4 Å². The van der Waals surface area contributed by atoms with Crippen LogP contribution < -0.4 is 11.1 Å². The third-order valence-corrected chi connectivity index (χ3v) is 2.34. The SMILES string of the molecule is Nc1cc(F)cc(F)c1NC(=O)c1ccncc1F. The molecular weight excluding hydrogens is 259 g/mol. The van der Waals surface area contributed by atoms with Crippen LogP contribution in [0.25, 0.3) is 0 Å². The highest BCUT2D eigenvalue weighted by molar-refractivity contribution is 6.05. The first-order chi connectivity index (χ1) is 8.99. The second-order valence-electron chi connectivity index (χ2n) is 3.66. The van der Waals surface area contributed by atoms with Gasteiger partial charge >= 0.3 is 0 Å². The van der Waals surface area contributed by atoms with E-state index in [0.29, 0.717) is 6.07 Å². The molecule has 0 aliphatic carbocycles. The molecule has 0 saturated heterocycles. The van der Waals surface area contributed by atoms with Crippen LogP contribution in [0.15, 0.2) is 30.6 Å². The van der Waals surface area contributed by atoms with E-state index >= 15 is 0 Å². The molecule has 1 aromatic carbocycles. The van der Waals surface area contributed by atoms with Crippen molar-refractivity contribution in [3.8, 4) is 0 Å². The Kier molecular flexibility index (Phi) is 3.37. The molecule has 98 valence electrons. The normalized spacial score (nSPS) is 10.3. The maximum atomic E-state index is 13.4. The number of halogens is 3. The van der Waals surface area contributed by atoms with Crippen LogP contribution in [0.3, 0.4) is 0 Å². The summed E-state index contributed by atoms with van der Waals surface area (Å²) in [5.74, 6) is -3.68. The molecule has 0 aliphatic rings. The predicted molar refractivity (Wildman–Crippen MR) is 62.9 cm³/mol. The molecule has 0 unspecified atom stereocenters. The number of benzene rings is 1. The Bertz CT molecular complexity index is 623. The molecule has 19 heavy (non-hydrogen) atoms. The number of nitrogens with zero attached hydrogens (tertiary/aromatic N) is 1. The number of anilines is 2. The van der Waals surface area contributed by atoms with Crippen molar-refractivity contribution in [2.24, 2.45) is 0 Å². The smallest absolute Gasteiger partial charge is 0.258 e. The minimum Gasteiger partial charge on any atom is -0.397 e. The number of nitrogens with one attached hydrogen (secondary N) is 1. The van der Waals surface area contributed by atoms with Gasteiger partial charge in [0.1, 0.15) is 11.5 Å². The topological polar surface area (TPSA) is 68.0 Å². The number of carbonyl (C=O) groups excluding carboxylic acids is 1. The third kappa shape index (κ3) is 2.65. The van der Waals surface area contributed by atoms with E-state index in [1.807, 2.05) is 0 Å². The zero-order valence-electron chi connectivity index (χ0n) is 9.45. The lowest BCUT2D eigenvalue weighted by Crippen LogP contribution is -2.16. The fraction of sp³-hybridized carbons (Fsp3) is 0. The van der Waals surface area contributed by atoms with Gasteiger partial charge in [0.25, 0.3) is 5.91 Å². The number of rotatable bonds is 2. The lowest BCUT2D eigenvalue weighted by atomic mass is 10.2. The standard InChI is InChI=1S/C12H8F3N3O/c13-6-3-8(14)11(10(16)4-6)18-12(19)7-1-2-17-5-9(7)15/h1-5H,16H2,(H,18,19). The molecule has 0 aliphatic heterocycles. The van der Waals surface area contributed by atoms with Crippen molar-refractivity contribution >= 4 is 17.3 Å².